The maximum atomic E-state index is 13.3. The topological polar surface area (TPSA) is 72.4 Å². The van der Waals surface area contributed by atoms with Crippen molar-refractivity contribution in [2.45, 2.75) is 23.8 Å². The van der Waals surface area contributed by atoms with E-state index < -0.39 is 27.8 Å². The summed E-state index contributed by atoms with van der Waals surface area (Å²) in [6.07, 6.45) is 2.71. The van der Waals surface area contributed by atoms with Crippen molar-refractivity contribution in [2.75, 3.05) is 13.1 Å². The van der Waals surface area contributed by atoms with Crippen LogP contribution in [0.1, 0.15) is 12.8 Å². The van der Waals surface area contributed by atoms with Crippen LogP contribution >= 0.6 is 0 Å². The van der Waals surface area contributed by atoms with Crippen molar-refractivity contribution < 1.29 is 21.9 Å². The van der Waals surface area contributed by atoms with Crippen molar-refractivity contribution in [2.24, 2.45) is 0 Å². The lowest BCUT2D eigenvalue weighted by Gasteiger charge is -2.31. The molecule has 0 radical (unpaired) electrons. The van der Waals surface area contributed by atoms with Crippen LogP contribution in [0, 0.1) is 11.6 Å². The minimum absolute atomic E-state index is 0.00796. The summed E-state index contributed by atoms with van der Waals surface area (Å²) < 4.78 is 58.1. The first-order valence-electron chi connectivity index (χ1n) is 7.35. The fourth-order valence-corrected chi connectivity index (χ4v) is 4.05. The number of rotatable bonds is 4. The molecule has 0 aliphatic carbocycles. The van der Waals surface area contributed by atoms with Gasteiger partial charge in [-0.15, -0.1) is 0 Å². The van der Waals surface area contributed by atoms with Crippen LogP contribution in [0.4, 0.5) is 8.78 Å². The number of piperidine rings is 1. The fourth-order valence-electron chi connectivity index (χ4n) is 2.51. The zero-order valence-corrected chi connectivity index (χ0v) is 13.4. The summed E-state index contributed by atoms with van der Waals surface area (Å²) in [7, 11) is -3.80. The van der Waals surface area contributed by atoms with Crippen LogP contribution in [0.5, 0.6) is 6.01 Å². The molecule has 1 aromatic heterocycles. The fraction of sp³-hybridized carbons (Fsp3) is 0.333. The summed E-state index contributed by atoms with van der Waals surface area (Å²) in [4.78, 5) is 7.31. The van der Waals surface area contributed by atoms with Crippen LogP contribution in [-0.4, -0.2) is 41.9 Å². The average molecular weight is 355 g/mol. The summed E-state index contributed by atoms with van der Waals surface area (Å²) >= 11 is 0. The third-order valence-corrected chi connectivity index (χ3v) is 5.50. The zero-order valence-electron chi connectivity index (χ0n) is 12.6. The molecule has 1 saturated heterocycles. The maximum Gasteiger partial charge on any atom is 0.316 e. The summed E-state index contributed by atoms with van der Waals surface area (Å²) in [5, 5.41) is 0. The third kappa shape index (κ3) is 3.68. The monoisotopic (exact) mass is 355 g/mol. The molecule has 0 bridgehead atoms. The van der Waals surface area contributed by atoms with E-state index in [2.05, 4.69) is 9.97 Å². The van der Waals surface area contributed by atoms with Crippen LogP contribution in [0.3, 0.4) is 0 Å². The second-order valence-corrected chi connectivity index (χ2v) is 7.32. The first-order valence-corrected chi connectivity index (χ1v) is 8.79. The highest BCUT2D eigenvalue weighted by molar-refractivity contribution is 7.89. The Kier molecular flexibility index (Phi) is 4.72. The van der Waals surface area contributed by atoms with Gasteiger partial charge in [-0.05, 0) is 31.0 Å². The molecule has 24 heavy (non-hydrogen) atoms. The van der Waals surface area contributed by atoms with Gasteiger partial charge in [0.25, 0.3) is 0 Å². The Morgan fingerprint density at radius 2 is 1.92 bits per heavy atom. The lowest BCUT2D eigenvalue weighted by Crippen LogP contribution is -2.44. The summed E-state index contributed by atoms with van der Waals surface area (Å²) in [5.74, 6) is -1.19. The number of ether oxygens (including phenoxy) is 1. The van der Waals surface area contributed by atoms with Gasteiger partial charge in [0.05, 0.1) is 23.8 Å². The molecule has 1 aliphatic heterocycles. The first kappa shape index (κ1) is 16.7. The Hall–Kier alpha value is -2.13. The number of aromatic nitrogens is 2. The molecule has 9 heteroatoms. The maximum absolute atomic E-state index is 13.3. The van der Waals surface area contributed by atoms with Gasteiger partial charge in [-0.2, -0.15) is 4.31 Å². The van der Waals surface area contributed by atoms with E-state index >= 15 is 0 Å². The summed E-state index contributed by atoms with van der Waals surface area (Å²) in [6.45, 7) is 0.419. The van der Waals surface area contributed by atoms with Crippen molar-refractivity contribution in [1.82, 2.24) is 14.3 Å². The van der Waals surface area contributed by atoms with Gasteiger partial charge in [0.1, 0.15) is 11.9 Å². The minimum Gasteiger partial charge on any atom is -0.459 e. The molecule has 1 aliphatic rings. The Balaban J connectivity index is 1.74. The van der Waals surface area contributed by atoms with Crippen molar-refractivity contribution in [1.29, 1.82) is 0 Å². The molecule has 1 unspecified atom stereocenters. The highest BCUT2D eigenvalue weighted by atomic mass is 32.2. The molecule has 128 valence electrons. The van der Waals surface area contributed by atoms with E-state index in [1.54, 1.807) is 0 Å². The zero-order chi connectivity index (χ0) is 17.2. The van der Waals surface area contributed by atoms with E-state index in [4.69, 9.17) is 4.74 Å². The van der Waals surface area contributed by atoms with Crippen molar-refractivity contribution in [3.05, 3.63) is 48.3 Å². The smallest absolute Gasteiger partial charge is 0.316 e. The number of sulfonamides is 1. The SMILES string of the molecule is O=S(=O)(c1cccc(F)c1)N1CCCC(Oc2ncc(F)cn2)C1. The molecule has 0 N–H and O–H groups in total. The van der Waals surface area contributed by atoms with Crippen molar-refractivity contribution in [3.8, 4) is 6.01 Å². The Bertz CT molecular complexity index is 815. The van der Waals surface area contributed by atoms with Crippen LogP contribution in [0.25, 0.3) is 0 Å². The van der Waals surface area contributed by atoms with E-state index in [9.17, 15) is 17.2 Å². The van der Waals surface area contributed by atoms with E-state index in [1.165, 1.54) is 22.5 Å². The highest BCUT2D eigenvalue weighted by Gasteiger charge is 2.31. The van der Waals surface area contributed by atoms with Crippen LogP contribution in [-0.2, 0) is 10.0 Å². The van der Waals surface area contributed by atoms with E-state index in [0.717, 1.165) is 18.5 Å². The van der Waals surface area contributed by atoms with Crippen LogP contribution in [0.15, 0.2) is 41.6 Å². The molecular weight excluding hydrogens is 340 g/mol. The van der Waals surface area contributed by atoms with Crippen LogP contribution < -0.4 is 4.74 Å². The number of nitrogens with zero attached hydrogens (tertiary/aromatic N) is 3. The third-order valence-electron chi connectivity index (χ3n) is 3.64. The van der Waals surface area contributed by atoms with Gasteiger partial charge in [0.2, 0.25) is 10.0 Å². The largest absolute Gasteiger partial charge is 0.459 e. The van der Waals surface area contributed by atoms with Gasteiger partial charge >= 0.3 is 6.01 Å². The number of hydrogen-bond donors (Lipinski definition) is 0. The molecular formula is C15H15F2N3O3S. The van der Waals surface area contributed by atoms with Crippen molar-refractivity contribution in [3.63, 3.8) is 0 Å². The Labute approximate surface area is 138 Å². The normalized spacial score (nSPS) is 19.2. The van der Waals surface area contributed by atoms with E-state index in [-0.39, 0.29) is 17.5 Å². The van der Waals surface area contributed by atoms with Crippen molar-refractivity contribution >= 4 is 10.0 Å². The lowest BCUT2D eigenvalue weighted by atomic mass is 10.1. The molecule has 2 heterocycles. The summed E-state index contributed by atoms with van der Waals surface area (Å²) in [5.41, 5.74) is 0. The summed E-state index contributed by atoms with van der Waals surface area (Å²) in [6, 6.07) is 4.88. The molecule has 2 aromatic rings. The average Bonchev–Trinajstić information content (AvgIpc) is 2.57. The van der Waals surface area contributed by atoms with Gasteiger partial charge in [-0.1, -0.05) is 6.07 Å². The number of hydrogen-bond acceptors (Lipinski definition) is 5. The Morgan fingerprint density at radius 1 is 1.17 bits per heavy atom. The van der Waals surface area contributed by atoms with E-state index in [1.807, 2.05) is 0 Å². The molecule has 1 aromatic carbocycles. The second-order valence-electron chi connectivity index (χ2n) is 5.39. The highest BCUT2D eigenvalue weighted by Crippen LogP contribution is 2.23. The molecule has 0 saturated carbocycles. The molecule has 1 fully saturated rings. The molecule has 0 spiro atoms. The standard InChI is InChI=1S/C15H15F2N3O3S/c16-11-3-1-5-14(7-11)24(21,22)20-6-2-4-13(10-20)23-15-18-8-12(17)9-19-15/h1,3,5,7-9,13H,2,4,6,10H2. The predicted octanol–water partition coefficient (Wildman–Crippen LogP) is 1.99. The Morgan fingerprint density at radius 3 is 2.62 bits per heavy atom. The van der Waals surface area contributed by atoms with Gasteiger partial charge in [0, 0.05) is 6.54 Å². The molecule has 1 atom stereocenters. The number of halogens is 2. The predicted molar refractivity (Wildman–Crippen MR) is 80.8 cm³/mol. The molecule has 3 rings (SSSR count). The second kappa shape index (κ2) is 6.78. The lowest BCUT2D eigenvalue weighted by molar-refractivity contribution is 0.119. The van der Waals surface area contributed by atoms with Gasteiger partial charge in [-0.3, -0.25) is 0 Å². The van der Waals surface area contributed by atoms with Gasteiger partial charge in [0.15, 0.2) is 5.82 Å². The molecule has 0 amide bonds. The first-order chi connectivity index (χ1) is 11.4. The van der Waals surface area contributed by atoms with Crippen LogP contribution in [0.2, 0.25) is 0 Å². The molecule has 6 nitrogen and oxygen atoms in total. The van der Waals surface area contributed by atoms with Gasteiger partial charge < -0.3 is 4.74 Å². The quantitative estimate of drug-likeness (QED) is 0.839. The number of benzene rings is 1. The van der Waals surface area contributed by atoms with E-state index in [0.29, 0.717) is 19.4 Å². The van der Waals surface area contributed by atoms with Gasteiger partial charge in [-0.25, -0.2) is 27.2 Å². The minimum atomic E-state index is -3.80.